The highest BCUT2D eigenvalue weighted by Gasteiger charge is 2.11. The molecule has 0 atom stereocenters. The molecule has 0 radical (unpaired) electrons. The van der Waals surface area contributed by atoms with Crippen LogP contribution in [0.2, 0.25) is 0 Å². The largest absolute Gasteiger partial charge is 0.372 e. The molecule has 1 aliphatic heterocycles. The Kier molecular flexibility index (Phi) is 5.35. The zero-order valence-corrected chi connectivity index (χ0v) is 15.0. The van der Waals surface area contributed by atoms with E-state index >= 15 is 0 Å². The van der Waals surface area contributed by atoms with Crippen LogP contribution in [0.4, 0.5) is 11.4 Å². The molecular weight excluding hydrogens is 370 g/mol. The first-order chi connectivity index (χ1) is 11.6. The molecule has 1 fully saturated rings. The lowest BCUT2D eigenvalue weighted by Crippen LogP contribution is -2.29. The third-order valence-corrected chi connectivity index (χ3v) is 4.60. The molecule has 0 spiro atoms. The van der Waals surface area contributed by atoms with Crippen LogP contribution in [-0.4, -0.2) is 23.6 Å². The van der Waals surface area contributed by atoms with Crippen molar-refractivity contribution >= 4 is 33.2 Å². The summed E-state index contributed by atoms with van der Waals surface area (Å²) in [5.74, 6) is -0.221. The standard InChI is InChI=1S/C18H20BrN3O2/c19-14-4-9-18(24)22(12-14)13-17(23)20-15-5-7-16(8-6-15)21-10-2-1-3-11-21/h4-9,12H,1-3,10-11,13H2,(H,20,23). The van der Waals surface area contributed by atoms with Crippen molar-refractivity contribution in [2.24, 2.45) is 0 Å². The van der Waals surface area contributed by atoms with Gasteiger partial charge in [0.25, 0.3) is 5.56 Å². The molecule has 1 amide bonds. The fourth-order valence-electron chi connectivity index (χ4n) is 2.89. The maximum absolute atomic E-state index is 12.1. The number of piperidine rings is 1. The van der Waals surface area contributed by atoms with E-state index < -0.39 is 0 Å². The van der Waals surface area contributed by atoms with Crippen molar-refractivity contribution < 1.29 is 4.79 Å². The van der Waals surface area contributed by atoms with Crippen LogP contribution in [0.5, 0.6) is 0 Å². The lowest BCUT2D eigenvalue weighted by Gasteiger charge is -2.28. The second-order valence-electron chi connectivity index (χ2n) is 5.96. The third-order valence-electron chi connectivity index (χ3n) is 4.13. The van der Waals surface area contributed by atoms with Crippen molar-refractivity contribution in [2.75, 3.05) is 23.3 Å². The second kappa shape index (κ2) is 7.66. The molecule has 0 saturated carbocycles. The first-order valence-corrected chi connectivity index (χ1v) is 8.92. The Morgan fingerprint density at radius 1 is 1.04 bits per heavy atom. The quantitative estimate of drug-likeness (QED) is 0.872. The highest BCUT2D eigenvalue weighted by atomic mass is 79.9. The van der Waals surface area contributed by atoms with Crippen molar-refractivity contribution in [3.05, 3.63) is 57.4 Å². The second-order valence-corrected chi connectivity index (χ2v) is 6.87. The molecular formula is C18H20BrN3O2. The number of benzene rings is 1. The average Bonchev–Trinajstić information content (AvgIpc) is 2.59. The number of halogens is 1. The Hall–Kier alpha value is -2.08. The van der Waals surface area contributed by atoms with Gasteiger partial charge in [0, 0.05) is 41.2 Å². The van der Waals surface area contributed by atoms with Crippen LogP contribution in [-0.2, 0) is 11.3 Å². The highest BCUT2D eigenvalue weighted by Crippen LogP contribution is 2.21. The van der Waals surface area contributed by atoms with Crippen LogP contribution in [0.25, 0.3) is 0 Å². The minimum Gasteiger partial charge on any atom is -0.372 e. The summed E-state index contributed by atoms with van der Waals surface area (Å²) in [6.07, 6.45) is 5.39. The Labute approximate surface area is 149 Å². The van der Waals surface area contributed by atoms with Gasteiger partial charge < -0.3 is 14.8 Å². The van der Waals surface area contributed by atoms with E-state index in [-0.39, 0.29) is 18.0 Å². The monoisotopic (exact) mass is 389 g/mol. The first-order valence-electron chi connectivity index (χ1n) is 8.13. The highest BCUT2D eigenvalue weighted by molar-refractivity contribution is 9.10. The van der Waals surface area contributed by atoms with Gasteiger partial charge in [0.1, 0.15) is 6.54 Å². The molecule has 3 rings (SSSR count). The average molecular weight is 390 g/mol. The molecule has 1 saturated heterocycles. The number of anilines is 2. The number of aromatic nitrogens is 1. The molecule has 126 valence electrons. The van der Waals surface area contributed by atoms with E-state index in [0.717, 1.165) is 23.2 Å². The van der Waals surface area contributed by atoms with Crippen LogP contribution in [0, 0.1) is 0 Å². The molecule has 2 heterocycles. The van der Waals surface area contributed by atoms with Crippen LogP contribution < -0.4 is 15.8 Å². The topological polar surface area (TPSA) is 54.3 Å². The Morgan fingerprint density at radius 3 is 2.46 bits per heavy atom. The van der Waals surface area contributed by atoms with E-state index in [9.17, 15) is 9.59 Å². The Bertz CT molecular complexity index is 765. The van der Waals surface area contributed by atoms with E-state index in [1.54, 1.807) is 12.3 Å². The van der Waals surface area contributed by atoms with E-state index in [0.29, 0.717) is 0 Å². The fourth-order valence-corrected chi connectivity index (χ4v) is 3.27. The summed E-state index contributed by atoms with van der Waals surface area (Å²) >= 11 is 3.30. The van der Waals surface area contributed by atoms with Crippen molar-refractivity contribution in [3.8, 4) is 0 Å². The molecule has 2 aromatic rings. The van der Waals surface area contributed by atoms with Gasteiger partial charge in [-0.2, -0.15) is 0 Å². The molecule has 1 aliphatic rings. The molecule has 0 bridgehead atoms. The summed E-state index contributed by atoms with van der Waals surface area (Å²) in [7, 11) is 0. The predicted octanol–water partition coefficient (Wildman–Crippen LogP) is 3.24. The zero-order chi connectivity index (χ0) is 16.9. The molecule has 0 unspecified atom stereocenters. The van der Waals surface area contributed by atoms with Crippen molar-refractivity contribution in [1.82, 2.24) is 4.57 Å². The van der Waals surface area contributed by atoms with Gasteiger partial charge in [-0.25, -0.2) is 0 Å². The van der Waals surface area contributed by atoms with E-state index in [4.69, 9.17) is 0 Å². The third kappa shape index (κ3) is 4.26. The minimum absolute atomic E-state index is 0.00779. The summed E-state index contributed by atoms with van der Waals surface area (Å²) in [5, 5.41) is 2.83. The Balaban J connectivity index is 1.62. The van der Waals surface area contributed by atoms with E-state index in [1.165, 1.54) is 35.6 Å². The molecule has 1 N–H and O–H groups in total. The molecule has 1 aromatic heterocycles. The number of nitrogens with one attached hydrogen (secondary N) is 1. The lowest BCUT2D eigenvalue weighted by atomic mass is 10.1. The smallest absolute Gasteiger partial charge is 0.251 e. The number of pyridine rings is 1. The number of carbonyl (C=O) groups excluding carboxylic acids is 1. The van der Waals surface area contributed by atoms with Crippen molar-refractivity contribution in [1.29, 1.82) is 0 Å². The summed E-state index contributed by atoms with van der Waals surface area (Å²) in [6, 6.07) is 11.0. The summed E-state index contributed by atoms with van der Waals surface area (Å²) in [6.45, 7) is 2.18. The number of hydrogen-bond donors (Lipinski definition) is 1. The summed E-state index contributed by atoms with van der Waals surface area (Å²) < 4.78 is 2.14. The lowest BCUT2D eigenvalue weighted by molar-refractivity contribution is -0.116. The van der Waals surface area contributed by atoms with Gasteiger partial charge in [0.2, 0.25) is 5.91 Å². The van der Waals surface area contributed by atoms with Gasteiger partial charge >= 0.3 is 0 Å². The number of nitrogens with zero attached hydrogens (tertiary/aromatic N) is 2. The number of hydrogen-bond acceptors (Lipinski definition) is 3. The van der Waals surface area contributed by atoms with Gasteiger partial charge in [-0.05, 0) is 65.5 Å². The molecule has 6 heteroatoms. The molecule has 0 aliphatic carbocycles. The maximum Gasteiger partial charge on any atom is 0.251 e. The van der Waals surface area contributed by atoms with Gasteiger partial charge in [0.15, 0.2) is 0 Å². The van der Waals surface area contributed by atoms with Crippen LogP contribution >= 0.6 is 15.9 Å². The van der Waals surface area contributed by atoms with Gasteiger partial charge in [-0.15, -0.1) is 0 Å². The molecule has 1 aromatic carbocycles. The SMILES string of the molecule is O=C(Cn1cc(Br)ccc1=O)Nc1ccc(N2CCCCC2)cc1. The fraction of sp³-hybridized carbons (Fsp3) is 0.333. The molecule has 24 heavy (non-hydrogen) atoms. The van der Waals surface area contributed by atoms with E-state index in [1.807, 2.05) is 24.3 Å². The van der Waals surface area contributed by atoms with Gasteiger partial charge in [0.05, 0.1) is 0 Å². The number of rotatable bonds is 4. The summed E-state index contributed by atoms with van der Waals surface area (Å²) in [5.41, 5.74) is 1.73. The predicted molar refractivity (Wildman–Crippen MR) is 99.5 cm³/mol. The number of amides is 1. The first kappa shape index (κ1) is 16.8. The van der Waals surface area contributed by atoms with Crippen molar-refractivity contribution in [2.45, 2.75) is 25.8 Å². The van der Waals surface area contributed by atoms with Gasteiger partial charge in [-0.1, -0.05) is 0 Å². The normalized spacial score (nSPS) is 14.5. The molecule has 5 nitrogen and oxygen atoms in total. The Morgan fingerprint density at radius 2 is 1.75 bits per heavy atom. The van der Waals surface area contributed by atoms with Crippen LogP contribution in [0.3, 0.4) is 0 Å². The number of carbonyl (C=O) groups is 1. The van der Waals surface area contributed by atoms with Crippen molar-refractivity contribution in [3.63, 3.8) is 0 Å². The minimum atomic E-state index is -0.221. The zero-order valence-electron chi connectivity index (χ0n) is 13.4. The van der Waals surface area contributed by atoms with Crippen LogP contribution in [0.15, 0.2) is 51.9 Å². The van der Waals surface area contributed by atoms with E-state index in [2.05, 4.69) is 26.1 Å². The summed E-state index contributed by atoms with van der Waals surface area (Å²) in [4.78, 5) is 26.2. The van der Waals surface area contributed by atoms with Crippen LogP contribution in [0.1, 0.15) is 19.3 Å². The van der Waals surface area contributed by atoms with Gasteiger partial charge in [-0.3, -0.25) is 9.59 Å². The maximum atomic E-state index is 12.1.